The lowest BCUT2D eigenvalue weighted by molar-refractivity contribution is -0.117. The van der Waals surface area contributed by atoms with E-state index in [2.05, 4.69) is 10.6 Å². The van der Waals surface area contributed by atoms with E-state index in [9.17, 15) is 9.59 Å². The van der Waals surface area contributed by atoms with E-state index in [1.165, 1.54) is 7.11 Å². The van der Waals surface area contributed by atoms with Crippen molar-refractivity contribution in [3.63, 3.8) is 0 Å². The number of anilines is 1. The number of rotatable bonds is 4. The number of carbonyl (C=O) groups is 2. The Morgan fingerprint density at radius 1 is 1.43 bits per heavy atom. The number of ether oxygens (including phenoxy) is 1. The van der Waals surface area contributed by atoms with Crippen LogP contribution in [0.15, 0.2) is 18.2 Å². The van der Waals surface area contributed by atoms with Gasteiger partial charge in [0.15, 0.2) is 0 Å². The predicted molar refractivity (Wildman–Crippen MR) is 81.4 cm³/mol. The highest BCUT2D eigenvalue weighted by atomic mass is 16.5. The molecule has 1 heterocycles. The summed E-state index contributed by atoms with van der Waals surface area (Å²) in [7, 11) is 1.34. The van der Waals surface area contributed by atoms with E-state index < -0.39 is 5.97 Å². The molecule has 1 saturated heterocycles. The third kappa shape index (κ3) is 4.29. The summed E-state index contributed by atoms with van der Waals surface area (Å²) >= 11 is 0. The number of carbonyl (C=O) groups excluding carboxylic acids is 2. The topological polar surface area (TPSA) is 67.4 Å². The van der Waals surface area contributed by atoms with E-state index in [-0.39, 0.29) is 5.91 Å². The van der Waals surface area contributed by atoms with Crippen molar-refractivity contribution in [3.05, 3.63) is 29.3 Å². The highest BCUT2D eigenvalue weighted by molar-refractivity contribution is 6.01. The SMILES string of the molecule is COC(=O)c1cc(C)ccc1NC(=O)CC1CCCNC1. The molecule has 0 aliphatic carbocycles. The number of aryl methyl sites for hydroxylation is 1. The molecule has 1 aromatic carbocycles. The van der Waals surface area contributed by atoms with Gasteiger partial charge in [-0.25, -0.2) is 4.79 Å². The van der Waals surface area contributed by atoms with Gasteiger partial charge in [-0.05, 0) is 50.9 Å². The first-order valence-electron chi connectivity index (χ1n) is 7.29. The zero-order chi connectivity index (χ0) is 15.2. The van der Waals surface area contributed by atoms with Crippen molar-refractivity contribution < 1.29 is 14.3 Å². The molecule has 1 atom stereocenters. The van der Waals surface area contributed by atoms with E-state index in [0.29, 0.717) is 23.6 Å². The van der Waals surface area contributed by atoms with Gasteiger partial charge in [0.25, 0.3) is 0 Å². The maximum Gasteiger partial charge on any atom is 0.339 e. The highest BCUT2D eigenvalue weighted by Gasteiger charge is 2.19. The number of hydrogen-bond donors (Lipinski definition) is 2. The Morgan fingerprint density at radius 3 is 2.90 bits per heavy atom. The maximum absolute atomic E-state index is 12.1. The van der Waals surface area contributed by atoms with Crippen molar-refractivity contribution in [1.29, 1.82) is 0 Å². The first-order chi connectivity index (χ1) is 10.1. The molecular formula is C16H22N2O3. The van der Waals surface area contributed by atoms with Gasteiger partial charge in [-0.2, -0.15) is 0 Å². The number of nitrogens with one attached hydrogen (secondary N) is 2. The van der Waals surface area contributed by atoms with Crippen LogP contribution in [0.1, 0.15) is 35.2 Å². The lowest BCUT2D eigenvalue weighted by atomic mass is 9.96. The molecule has 2 N–H and O–H groups in total. The molecule has 1 unspecified atom stereocenters. The average molecular weight is 290 g/mol. The molecule has 114 valence electrons. The molecule has 0 radical (unpaired) electrons. The Bertz CT molecular complexity index is 522. The zero-order valence-corrected chi connectivity index (χ0v) is 12.6. The minimum absolute atomic E-state index is 0.0577. The largest absolute Gasteiger partial charge is 0.465 e. The van der Waals surface area contributed by atoms with Crippen molar-refractivity contribution in [2.75, 3.05) is 25.5 Å². The Kier molecular flexibility index (Phi) is 5.33. The van der Waals surface area contributed by atoms with Crippen LogP contribution in [0.5, 0.6) is 0 Å². The summed E-state index contributed by atoms with van der Waals surface area (Å²) in [6, 6.07) is 5.34. The lowest BCUT2D eigenvalue weighted by Crippen LogP contribution is -2.32. The summed E-state index contributed by atoms with van der Waals surface area (Å²) in [5, 5.41) is 6.13. The predicted octanol–water partition coefficient (Wildman–Crippen LogP) is 2.11. The number of amides is 1. The van der Waals surface area contributed by atoms with Gasteiger partial charge in [-0.15, -0.1) is 0 Å². The molecule has 1 fully saturated rings. The van der Waals surface area contributed by atoms with Gasteiger partial charge in [0.1, 0.15) is 0 Å². The fraction of sp³-hybridized carbons (Fsp3) is 0.500. The second-order valence-corrected chi connectivity index (χ2v) is 5.51. The number of piperidine rings is 1. The molecule has 1 amide bonds. The van der Waals surface area contributed by atoms with Gasteiger partial charge in [0.2, 0.25) is 5.91 Å². The summed E-state index contributed by atoms with van der Waals surface area (Å²) in [5.74, 6) is -0.128. The van der Waals surface area contributed by atoms with Crippen molar-refractivity contribution >= 4 is 17.6 Å². The second-order valence-electron chi connectivity index (χ2n) is 5.51. The molecule has 21 heavy (non-hydrogen) atoms. The number of esters is 1. The van der Waals surface area contributed by atoms with Gasteiger partial charge in [0.05, 0.1) is 18.4 Å². The van der Waals surface area contributed by atoms with Crippen molar-refractivity contribution in [1.82, 2.24) is 5.32 Å². The molecule has 5 heteroatoms. The molecule has 0 aromatic heterocycles. The Balaban J connectivity index is 2.04. The molecule has 2 rings (SSSR count). The van der Waals surface area contributed by atoms with Crippen LogP contribution < -0.4 is 10.6 Å². The van der Waals surface area contributed by atoms with Gasteiger partial charge < -0.3 is 15.4 Å². The first-order valence-corrected chi connectivity index (χ1v) is 7.29. The van der Waals surface area contributed by atoms with Crippen LogP contribution in [0.4, 0.5) is 5.69 Å². The maximum atomic E-state index is 12.1. The molecular weight excluding hydrogens is 268 g/mol. The normalized spacial score (nSPS) is 18.1. The summed E-state index contributed by atoms with van der Waals surface area (Å²) in [6.07, 6.45) is 2.65. The molecule has 1 aromatic rings. The van der Waals surface area contributed by atoms with Crippen LogP contribution in [0.25, 0.3) is 0 Å². The van der Waals surface area contributed by atoms with Gasteiger partial charge >= 0.3 is 5.97 Å². The van der Waals surface area contributed by atoms with Gasteiger partial charge in [0, 0.05) is 6.42 Å². The third-order valence-electron chi connectivity index (χ3n) is 3.73. The van der Waals surface area contributed by atoms with E-state index in [1.54, 1.807) is 12.1 Å². The van der Waals surface area contributed by atoms with E-state index in [0.717, 1.165) is 31.5 Å². The van der Waals surface area contributed by atoms with Crippen molar-refractivity contribution in [2.45, 2.75) is 26.2 Å². The molecule has 0 saturated carbocycles. The fourth-order valence-electron chi connectivity index (χ4n) is 2.61. The standard InChI is InChI=1S/C16H22N2O3/c1-11-5-6-14(13(8-11)16(20)21-2)18-15(19)9-12-4-3-7-17-10-12/h5-6,8,12,17H,3-4,7,9-10H2,1-2H3,(H,18,19). The third-order valence-corrected chi connectivity index (χ3v) is 3.73. The van der Waals surface area contributed by atoms with Crippen LogP contribution in [-0.4, -0.2) is 32.1 Å². The Labute approximate surface area is 125 Å². The second kappa shape index (κ2) is 7.22. The van der Waals surface area contributed by atoms with E-state index >= 15 is 0 Å². The van der Waals surface area contributed by atoms with Crippen molar-refractivity contribution in [2.24, 2.45) is 5.92 Å². The van der Waals surface area contributed by atoms with Gasteiger partial charge in [-0.3, -0.25) is 4.79 Å². The summed E-state index contributed by atoms with van der Waals surface area (Å²) in [5.41, 5.74) is 1.86. The lowest BCUT2D eigenvalue weighted by Gasteiger charge is -2.22. The minimum Gasteiger partial charge on any atom is -0.465 e. The number of methoxy groups -OCH3 is 1. The summed E-state index contributed by atoms with van der Waals surface area (Å²) in [4.78, 5) is 23.9. The molecule has 1 aliphatic rings. The molecule has 1 aliphatic heterocycles. The molecule has 5 nitrogen and oxygen atoms in total. The van der Waals surface area contributed by atoms with E-state index in [1.807, 2.05) is 13.0 Å². The molecule has 0 bridgehead atoms. The van der Waals surface area contributed by atoms with Crippen LogP contribution >= 0.6 is 0 Å². The Morgan fingerprint density at radius 2 is 2.24 bits per heavy atom. The average Bonchev–Trinajstić information content (AvgIpc) is 2.49. The Hall–Kier alpha value is -1.88. The minimum atomic E-state index is -0.437. The van der Waals surface area contributed by atoms with Crippen molar-refractivity contribution in [3.8, 4) is 0 Å². The number of hydrogen-bond acceptors (Lipinski definition) is 4. The quantitative estimate of drug-likeness (QED) is 0.833. The smallest absolute Gasteiger partial charge is 0.339 e. The van der Waals surface area contributed by atoms with Crippen LogP contribution in [0.2, 0.25) is 0 Å². The van der Waals surface area contributed by atoms with E-state index in [4.69, 9.17) is 4.74 Å². The van der Waals surface area contributed by atoms with Crippen LogP contribution in [0, 0.1) is 12.8 Å². The highest BCUT2D eigenvalue weighted by Crippen LogP contribution is 2.20. The molecule has 0 spiro atoms. The summed E-state index contributed by atoms with van der Waals surface area (Å²) in [6.45, 7) is 3.81. The first kappa shape index (κ1) is 15.5. The summed E-state index contributed by atoms with van der Waals surface area (Å²) < 4.78 is 4.76. The number of benzene rings is 1. The van der Waals surface area contributed by atoms with Crippen LogP contribution in [0.3, 0.4) is 0 Å². The van der Waals surface area contributed by atoms with Gasteiger partial charge in [-0.1, -0.05) is 11.6 Å². The monoisotopic (exact) mass is 290 g/mol. The fourth-order valence-corrected chi connectivity index (χ4v) is 2.61. The zero-order valence-electron chi connectivity index (χ0n) is 12.6. The van der Waals surface area contributed by atoms with Crippen LogP contribution in [-0.2, 0) is 9.53 Å².